The van der Waals surface area contributed by atoms with Gasteiger partial charge in [-0.3, -0.25) is 14.4 Å². The molecule has 0 aliphatic carbocycles. The highest BCUT2D eigenvalue weighted by Gasteiger charge is 2.32. The Morgan fingerprint density at radius 3 is 2.07 bits per heavy atom. The van der Waals surface area contributed by atoms with Gasteiger partial charge in [0.25, 0.3) is 0 Å². The Kier molecular flexibility index (Phi) is 17.0. The van der Waals surface area contributed by atoms with E-state index < -0.39 is 64.6 Å². The van der Waals surface area contributed by atoms with Gasteiger partial charge in [-0.2, -0.15) is 0 Å². The van der Waals surface area contributed by atoms with Gasteiger partial charge in [0.2, 0.25) is 27.7 Å². The molecule has 1 aromatic rings. The number of carbonyl (C=O) groups excluding carboxylic acids is 4. The Hall–Kier alpha value is -2.82. The summed E-state index contributed by atoms with van der Waals surface area (Å²) < 4.78 is 30.9. The number of aromatic nitrogens is 1. The number of nitrogens with zero attached hydrogens (tertiary/aromatic N) is 1. The van der Waals surface area contributed by atoms with Gasteiger partial charge in [0.05, 0.1) is 18.4 Å². The third-order valence-corrected chi connectivity index (χ3v) is 8.27. The summed E-state index contributed by atoms with van der Waals surface area (Å²) in [6.07, 6.45) is -0.917. The first-order valence-electron chi connectivity index (χ1n) is 15.1. The van der Waals surface area contributed by atoms with Gasteiger partial charge in [0, 0.05) is 30.1 Å². The number of ether oxygens (including phenoxy) is 1. The van der Waals surface area contributed by atoms with Crippen molar-refractivity contribution in [1.82, 2.24) is 31.0 Å². The number of thiazole rings is 1. The number of aryl methyl sites for hydroxylation is 1. The number of aliphatic hydroxyl groups is 1. The third-order valence-electron chi connectivity index (χ3n) is 6.64. The largest absolute Gasteiger partial charge is 0.442 e. The fourth-order valence-corrected chi connectivity index (χ4v) is 5.36. The van der Waals surface area contributed by atoms with Crippen molar-refractivity contribution < 1.29 is 37.4 Å². The lowest BCUT2D eigenvalue weighted by Gasteiger charge is -2.30. The molecule has 0 bridgehead atoms. The SMILES string of the molecule is Cc1csc(COC(=O)N[C@@H](CNS(C)(=O)=O)C(=O)N[C@@H](CC(C)C)[C@@H](O)C[C@@H](C)C(=O)N[C@H](C(=O)NCC(C)C)C(C)C)n1. The monoisotopic (exact) mass is 676 g/mol. The van der Waals surface area contributed by atoms with E-state index >= 15 is 0 Å². The normalized spacial score (nSPS) is 15.2. The molecule has 5 atom stereocenters. The first-order valence-corrected chi connectivity index (χ1v) is 17.9. The highest BCUT2D eigenvalue weighted by molar-refractivity contribution is 7.88. The summed E-state index contributed by atoms with van der Waals surface area (Å²) in [4.78, 5) is 55.8. The second-order valence-corrected chi connectivity index (χ2v) is 15.4. The van der Waals surface area contributed by atoms with E-state index in [1.54, 1.807) is 19.2 Å². The number of rotatable bonds is 19. The van der Waals surface area contributed by atoms with E-state index in [4.69, 9.17) is 4.74 Å². The Morgan fingerprint density at radius 2 is 1.56 bits per heavy atom. The number of alkyl carbamates (subject to hydrolysis) is 1. The molecular formula is C29H52N6O8S2. The number of sulfonamides is 1. The summed E-state index contributed by atoms with van der Waals surface area (Å²) >= 11 is 1.30. The minimum absolute atomic E-state index is 0.0244. The number of nitrogens with one attached hydrogen (secondary N) is 5. The number of carbonyl (C=O) groups is 4. The summed E-state index contributed by atoms with van der Waals surface area (Å²) in [6.45, 7) is 14.7. The molecule has 0 unspecified atom stereocenters. The lowest BCUT2D eigenvalue weighted by Crippen LogP contribution is -2.56. The molecule has 14 nitrogen and oxygen atoms in total. The molecule has 16 heteroatoms. The summed E-state index contributed by atoms with van der Waals surface area (Å²) in [7, 11) is -3.71. The van der Waals surface area contributed by atoms with E-state index in [2.05, 4.69) is 31.0 Å². The van der Waals surface area contributed by atoms with Crippen molar-refractivity contribution in [3.63, 3.8) is 0 Å². The second-order valence-electron chi connectivity index (χ2n) is 12.6. The van der Waals surface area contributed by atoms with Gasteiger partial charge in [0.1, 0.15) is 23.7 Å². The van der Waals surface area contributed by atoms with Crippen LogP contribution in [0.15, 0.2) is 5.38 Å². The fourth-order valence-electron chi connectivity index (χ4n) is 4.21. The van der Waals surface area contributed by atoms with Gasteiger partial charge in [-0.05, 0) is 37.5 Å². The zero-order valence-electron chi connectivity index (χ0n) is 27.8. The summed E-state index contributed by atoms with van der Waals surface area (Å²) in [5.74, 6) is -2.07. The van der Waals surface area contributed by atoms with Crippen LogP contribution >= 0.6 is 11.3 Å². The van der Waals surface area contributed by atoms with Crippen molar-refractivity contribution in [3.05, 3.63) is 16.1 Å². The van der Waals surface area contributed by atoms with E-state index in [-0.39, 0.29) is 36.7 Å². The summed E-state index contributed by atoms with van der Waals surface area (Å²) in [5.41, 5.74) is 0.766. The zero-order valence-corrected chi connectivity index (χ0v) is 29.4. The van der Waals surface area contributed by atoms with E-state index in [1.165, 1.54) is 11.3 Å². The number of aliphatic hydroxyl groups excluding tert-OH is 1. The van der Waals surface area contributed by atoms with Crippen LogP contribution in [0.3, 0.4) is 0 Å². The molecule has 1 rings (SSSR count). The minimum Gasteiger partial charge on any atom is -0.442 e. The lowest BCUT2D eigenvalue weighted by molar-refractivity contribution is -0.132. The quantitative estimate of drug-likeness (QED) is 0.125. The lowest BCUT2D eigenvalue weighted by atomic mass is 9.91. The highest BCUT2D eigenvalue weighted by Crippen LogP contribution is 2.17. The molecule has 0 radical (unpaired) electrons. The van der Waals surface area contributed by atoms with Crippen molar-refractivity contribution in [1.29, 1.82) is 0 Å². The van der Waals surface area contributed by atoms with Crippen LogP contribution in [0, 0.1) is 30.6 Å². The Morgan fingerprint density at radius 1 is 0.911 bits per heavy atom. The smallest absolute Gasteiger partial charge is 0.408 e. The molecule has 0 fully saturated rings. The van der Waals surface area contributed by atoms with Crippen molar-refractivity contribution >= 4 is 45.2 Å². The molecule has 1 heterocycles. The molecule has 0 saturated heterocycles. The molecular weight excluding hydrogens is 624 g/mol. The zero-order chi connectivity index (χ0) is 34.5. The van der Waals surface area contributed by atoms with Crippen LogP contribution < -0.4 is 26.0 Å². The molecule has 0 aliphatic heterocycles. The van der Waals surface area contributed by atoms with Gasteiger partial charge in [-0.15, -0.1) is 11.3 Å². The first kappa shape index (κ1) is 40.2. The van der Waals surface area contributed by atoms with Gasteiger partial charge in [-0.1, -0.05) is 48.5 Å². The topological polar surface area (TPSA) is 205 Å². The summed E-state index contributed by atoms with van der Waals surface area (Å²) in [6, 6.07) is -2.96. The van der Waals surface area contributed by atoms with E-state index in [0.717, 1.165) is 11.9 Å². The molecule has 0 spiro atoms. The van der Waals surface area contributed by atoms with Gasteiger partial charge in [0.15, 0.2) is 0 Å². The standard InChI is InChI=1S/C29H52N6O8S2/c1-16(2)10-21(23(36)11-19(7)26(37)35-25(18(5)6)28(39)30-12-17(3)4)33-27(38)22(13-31-45(9,41)42)34-29(40)43-14-24-32-20(8)15-44-24/h15-19,21-23,25,31,36H,10-14H2,1-9H3,(H,30,39)(H,33,38)(H,34,40)(H,35,37)/t19-,21+,22+,23+,25+/m1/s1. The Labute approximate surface area is 271 Å². The molecule has 1 aromatic heterocycles. The number of hydrogen-bond acceptors (Lipinski definition) is 10. The highest BCUT2D eigenvalue weighted by atomic mass is 32.2. The molecule has 0 saturated carbocycles. The third kappa shape index (κ3) is 16.3. The first-order chi connectivity index (χ1) is 20.8. The Bertz CT molecular complexity index is 1220. The van der Waals surface area contributed by atoms with Crippen LogP contribution in [0.25, 0.3) is 0 Å². The maximum Gasteiger partial charge on any atom is 0.408 e. The van der Waals surface area contributed by atoms with Gasteiger partial charge in [-0.25, -0.2) is 22.9 Å². The Balaban J connectivity index is 2.97. The van der Waals surface area contributed by atoms with Gasteiger partial charge < -0.3 is 31.1 Å². The number of amides is 4. The van der Waals surface area contributed by atoms with Crippen LogP contribution in [0.1, 0.15) is 72.0 Å². The molecule has 0 aliphatic rings. The van der Waals surface area contributed by atoms with E-state index in [9.17, 15) is 32.7 Å². The molecule has 6 N–H and O–H groups in total. The molecule has 45 heavy (non-hydrogen) atoms. The second kappa shape index (κ2) is 19.0. The number of hydrogen-bond donors (Lipinski definition) is 6. The molecule has 0 aromatic carbocycles. The van der Waals surface area contributed by atoms with Crippen LogP contribution in [-0.2, 0) is 35.8 Å². The van der Waals surface area contributed by atoms with Crippen LogP contribution in [0.5, 0.6) is 0 Å². The maximum absolute atomic E-state index is 13.3. The average molecular weight is 677 g/mol. The van der Waals surface area contributed by atoms with Crippen LogP contribution in [0.2, 0.25) is 0 Å². The van der Waals surface area contributed by atoms with Crippen molar-refractivity contribution in [3.8, 4) is 0 Å². The average Bonchev–Trinajstić information content (AvgIpc) is 3.34. The minimum atomic E-state index is -3.71. The maximum atomic E-state index is 13.3. The van der Waals surface area contributed by atoms with Crippen molar-refractivity contribution in [2.75, 3.05) is 19.3 Å². The van der Waals surface area contributed by atoms with E-state index in [1.807, 2.05) is 41.5 Å². The van der Waals surface area contributed by atoms with Crippen molar-refractivity contribution in [2.24, 2.45) is 23.7 Å². The van der Waals surface area contributed by atoms with Crippen LogP contribution in [0.4, 0.5) is 4.79 Å². The predicted molar refractivity (Wildman–Crippen MR) is 173 cm³/mol. The van der Waals surface area contributed by atoms with Crippen LogP contribution in [-0.4, -0.2) is 85.9 Å². The predicted octanol–water partition coefficient (Wildman–Crippen LogP) is 1.43. The summed E-state index contributed by atoms with van der Waals surface area (Å²) in [5, 5.41) is 24.2. The molecule has 258 valence electrons. The van der Waals surface area contributed by atoms with Gasteiger partial charge >= 0.3 is 6.09 Å². The fraction of sp³-hybridized carbons (Fsp3) is 0.759. The van der Waals surface area contributed by atoms with Crippen molar-refractivity contribution in [2.45, 2.75) is 99.1 Å². The van der Waals surface area contributed by atoms with E-state index in [0.29, 0.717) is 18.0 Å². The molecule has 4 amide bonds.